The van der Waals surface area contributed by atoms with E-state index in [-0.39, 0.29) is 0 Å². The lowest BCUT2D eigenvalue weighted by Crippen LogP contribution is -2.29. The minimum atomic E-state index is -1.09. The summed E-state index contributed by atoms with van der Waals surface area (Å²) in [6, 6.07) is 1.64. The van der Waals surface area contributed by atoms with Gasteiger partial charge in [0.1, 0.15) is 6.54 Å². The highest BCUT2D eigenvalue weighted by molar-refractivity contribution is 5.96. The summed E-state index contributed by atoms with van der Waals surface area (Å²) in [5.41, 5.74) is 1.89. The Morgan fingerprint density at radius 1 is 1.32 bits per heavy atom. The van der Waals surface area contributed by atoms with Gasteiger partial charge < -0.3 is 10.4 Å². The van der Waals surface area contributed by atoms with Crippen LogP contribution in [0.15, 0.2) is 30.9 Å². The Morgan fingerprint density at radius 2 is 2.11 bits per heavy atom. The lowest BCUT2D eigenvalue weighted by molar-refractivity contribution is -0.135. The summed E-state index contributed by atoms with van der Waals surface area (Å²) in [5, 5.41) is 14.8. The molecule has 0 aliphatic heterocycles. The van der Waals surface area contributed by atoms with Crippen LogP contribution in [-0.4, -0.2) is 38.3 Å². The van der Waals surface area contributed by atoms with Crippen molar-refractivity contribution in [2.75, 3.05) is 6.54 Å². The third-order valence-corrected chi connectivity index (χ3v) is 2.44. The number of aromatic nitrogens is 3. The molecule has 7 heteroatoms. The number of aliphatic carboxylic acids is 1. The molecule has 0 saturated carbocycles. The van der Waals surface area contributed by atoms with Gasteiger partial charge in [0, 0.05) is 36.8 Å². The molecule has 0 unspecified atom stereocenters. The second-order valence-electron chi connectivity index (χ2n) is 3.94. The molecule has 2 rings (SSSR count). The molecule has 0 aliphatic rings. The van der Waals surface area contributed by atoms with Crippen LogP contribution in [0.25, 0.3) is 11.1 Å². The average molecular weight is 260 g/mol. The molecule has 0 saturated heterocycles. The Labute approximate surface area is 108 Å². The van der Waals surface area contributed by atoms with Gasteiger partial charge >= 0.3 is 5.97 Å². The van der Waals surface area contributed by atoms with Gasteiger partial charge in [0.25, 0.3) is 5.91 Å². The lowest BCUT2D eigenvalue weighted by Gasteiger charge is -2.03. The number of hydrogen-bond donors (Lipinski definition) is 2. The van der Waals surface area contributed by atoms with Crippen LogP contribution >= 0.6 is 0 Å². The summed E-state index contributed by atoms with van der Waals surface area (Å²) in [4.78, 5) is 26.1. The van der Waals surface area contributed by atoms with Crippen molar-refractivity contribution < 1.29 is 14.7 Å². The van der Waals surface area contributed by atoms with Crippen molar-refractivity contribution in [1.29, 1.82) is 0 Å². The molecule has 0 aliphatic carbocycles. The fraction of sp³-hybridized carbons (Fsp3) is 0.167. The molecule has 0 bridgehead atoms. The van der Waals surface area contributed by atoms with Crippen molar-refractivity contribution in [1.82, 2.24) is 20.1 Å². The minimum Gasteiger partial charge on any atom is -0.480 e. The second-order valence-corrected chi connectivity index (χ2v) is 3.94. The Morgan fingerprint density at radius 3 is 2.74 bits per heavy atom. The Kier molecular flexibility index (Phi) is 3.56. The zero-order valence-electron chi connectivity index (χ0n) is 10.2. The molecule has 2 N–H and O–H groups in total. The quantitative estimate of drug-likeness (QED) is 0.823. The smallest absolute Gasteiger partial charge is 0.322 e. The van der Waals surface area contributed by atoms with E-state index >= 15 is 0 Å². The third-order valence-electron chi connectivity index (χ3n) is 2.44. The van der Waals surface area contributed by atoms with Gasteiger partial charge in [-0.3, -0.25) is 19.3 Å². The summed E-state index contributed by atoms with van der Waals surface area (Å²) < 4.78 is 1.65. The molecule has 19 heavy (non-hydrogen) atoms. The molecule has 0 radical (unpaired) electrons. The van der Waals surface area contributed by atoms with Crippen molar-refractivity contribution in [2.24, 2.45) is 7.05 Å². The number of amides is 1. The summed E-state index contributed by atoms with van der Waals surface area (Å²) in [6.07, 6.45) is 6.47. The second kappa shape index (κ2) is 5.30. The number of hydrogen-bond acceptors (Lipinski definition) is 4. The highest BCUT2D eigenvalue weighted by atomic mass is 16.4. The molecule has 0 atom stereocenters. The fourth-order valence-electron chi connectivity index (χ4n) is 1.55. The topological polar surface area (TPSA) is 97.1 Å². The number of carboxylic acid groups (broad SMARTS) is 1. The zero-order chi connectivity index (χ0) is 13.8. The first-order chi connectivity index (χ1) is 9.06. The van der Waals surface area contributed by atoms with E-state index in [4.69, 9.17) is 5.11 Å². The predicted octanol–water partition coefficient (Wildman–Crippen LogP) is 0.296. The third kappa shape index (κ3) is 3.15. The van der Waals surface area contributed by atoms with Crippen LogP contribution in [0.1, 0.15) is 10.4 Å². The summed E-state index contributed by atoms with van der Waals surface area (Å²) >= 11 is 0. The van der Waals surface area contributed by atoms with Crippen LogP contribution < -0.4 is 5.32 Å². The molecule has 2 heterocycles. The number of pyridine rings is 1. The molecule has 2 aromatic rings. The van der Waals surface area contributed by atoms with Crippen molar-refractivity contribution >= 4 is 11.9 Å². The summed E-state index contributed by atoms with van der Waals surface area (Å²) in [6.45, 7) is -0.421. The molecular weight excluding hydrogens is 248 g/mol. The first-order valence-electron chi connectivity index (χ1n) is 5.50. The number of carbonyl (C=O) groups is 2. The average Bonchev–Trinajstić information content (AvgIpc) is 2.83. The van der Waals surface area contributed by atoms with Gasteiger partial charge in [-0.15, -0.1) is 0 Å². The first kappa shape index (κ1) is 12.7. The van der Waals surface area contributed by atoms with Crippen LogP contribution in [0.3, 0.4) is 0 Å². The Hall–Kier alpha value is -2.70. The van der Waals surface area contributed by atoms with Crippen molar-refractivity contribution in [3.63, 3.8) is 0 Å². The monoisotopic (exact) mass is 260 g/mol. The van der Waals surface area contributed by atoms with Crippen molar-refractivity contribution in [2.45, 2.75) is 0 Å². The largest absolute Gasteiger partial charge is 0.480 e. The predicted molar refractivity (Wildman–Crippen MR) is 66.4 cm³/mol. The fourth-order valence-corrected chi connectivity index (χ4v) is 1.55. The van der Waals surface area contributed by atoms with Gasteiger partial charge in [0.05, 0.1) is 11.8 Å². The van der Waals surface area contributed by atoms with E-state index in [0.29, 0.717) is 5.56 Å². The van der Waals surface area contributed by atoms with Crippen LogP contribution in [-0.2, 0) is 11.8 Å². The Bertz CT molecular complexity index is 621. The Balaban J connectivity index is 2.19. The zero-order valence-corrected chi connectivity index (χ0v) is 10.2. The molecule has 0 aromatic carbocycles. The first-order valence-corrected chi connectivity index (χ1v) is 5.50. The van der Waals surface area contributed by atoms with E-state index in [2.05, 4.69) is 15.4 Å². The minimum absolute atomic E-state index is 0.308. The van der Waals surface area contributed by atoms with Crippen LogP contribution in [0, 0.1) is 0 Å². The number of rotatable bonds is 4. The molecule has 2 aromatic heterocycles. The van der Waals surface area contributed by atoms with Crippen molar-refractivity contribution in [3.05, 3.63) is 36.4 Å². The number of nitrogens with zero attached hydrogens (tertiary/aromatic N) is 3. The van der Waals surface area contributed by atoms with Crippen LogP contribution in [0.4, 0.5) is 0 Å². The molecule has 1 amide bonds. The van der Waals surface area contributed by atoms with Gasteiger partial charge in [-0.05, 0) is 6.07 Å². The summed E-state index contributed by atoms with van der Waals surface area (Å²) in [7, 11) is 1.79. The maximum Gasteiger partial charge on any atom is 0.322 e. The van der Waals surface area contributed by atoms with E-state index in [0.717, 1.165) is 11.1 Å². The number of carboxylic acids is 1. The molecule has 7 nitrogen and oxygen atoms in total. The van der Waals surface area contributed by atoms with Crippen LogP contribution in [0.5, 0.6) is 0 Å². The number of nitrogens with one attached hydrogen (secondary N) is 1. The lowest BCUT2D eigenvalue weighted by atomic mass is 10.1. The number of carbonyl (C=O) groups excluding carboxylic acids is 1. The van der Waals surface area contributed by atoms with Gasteiger partial charge in [0.15, 0.2) is 0 Å². The molecule has 0 fully saturated rings. The maximum atomic E-state index is 11.7. The van der Waals surface area contributed by atoms with Crippen LogP contribution in [0.2, 0.25) is 0 Å². The number of aryl methyl sites for hydroxylation is 1. The molecule has 98 valence electrons. The van der Waals surface area contributed by atoms with Gasteiger partial charge in [0.2, 0.25) is 0 Å². The van der Waals surface area contributed by atoms with E-state index in [1.54, 1.807) is 36.4 Å². The standard InChI is InChI=1S/C12H12N4O3/c1-16-7-10(5-15-16)8-2-9(4-13-3-8)12(19)14-6-11(17)18/h2-5,7H,6H2,1H3,(H,14,19)(H,17,18). The van der Waals surface area contributed by atoms with E-state index in [9.17, 15) is 9.59 Å². The molecular formula is C12H12N4O3. The van der Waals surface area contributed by atoms with E-state index in [1.165, 1.54) is 6.20 Å². The highest BCUT2D eigenvalue weighted by Gasteiger charge is 2.09. The normalized spacial score (nSPS) is 10.2. The van der Waals surface area contributed by atoms with Gasteiger partial charge in [-0.1, -0.05) is 0 Å². The highest BCUT2D eigenvalue weighted by Crippen LogP contribution is 2.18. The van der Waals surface area contributed by atoms with Crippen molar-refractivity contribution in [3.8, 4) is 11.1 Å². The SMILES string of the molecule is Cn1cc(-c2cncc(C(=O)NCC(=O)O)c2)cn1. The van der Waals surface area contributed by atoms with E-state index in [1.807, 2.05) is 0 Å². The van der Waals surface area contributed by atoms with Gasteiger partial charge in [-0.25, -0.2) is 0 Å². The van der Waals surface area contributed by atoms with E-state index < -0.39 is 18.4 Å². The maximum absolute atomic E-state index is 11.7. The van der Waals surface area contributed by atoms with Gasteiger partial charge in [-0.2, -0.15) is 5.10 Å². The summed E-state index contributed by atoms with van der Waals surface area (Å²) in [5.74, 6) is -1.56. The molecule has 0 spiro atoms.